The van der Waals surface area contributed by atoms with E-state index in [9.17, 15) is 23.7 Å². The van der Waals surface area contributed by atoms with Crippen molar-refractivity contribution >= 4 is 57.5 Å². The van der Waals surface area contributed by atoms with Crippen LogP contribution in [0.5, 0.6) is 0 Å². The number of benzene rings is 1. The summed E-state index contributed by atoms with van der Waals surface area (Å²) in [7, 11) is 0. The molecule has 28 heavy (non-hydrogen) atoms. The van der Waals surface area contributed by atoms with Crippen LogP contribution in [0.15, 0.2) is 36.4 Å². The molecule has 3 heterocycles. The van der Waals surface area contributed by atoms with Crippen molar-refractivity contribution < 1.29 is 28.5 Å². The molecule has 2 saturated heterocycles. The first kappa shape index (κ1) is 19.4. The third kappa shape index (κ3) is 2.69. The van der Waals surface area contributed by atoms with Gasteiger partial charge in [0.05, 0.1) is 11.1 Å². The molecule has 3 amide bonds. The number of alkyl halides is 1. The molecule has 2 fully saturated rings. The van der Waals surface area contributed by atoms with Crippen LogP contribution in [0.1, 0.15) is 20.7 Å². The van der Waals surface area contributed by atoms with Crippen LogP contribution in [-0.4, -0.2) is 72.3 Å². The van der Waals surface area contributed by atoms with Gasteiger partial charge in [-0.1, -0.05) is 41.3 Å². The monoisotopic (exact) mass is 514 g/mol. The summed E-state index contributed by atoms with van der Waals surface area (Å²) in [6.45, 7) is 3.96. The molecule has 0 spiro atoms. The third-order valence-electron chi connectivity index (χ3n) is 4.96. The number of fused-ring (bicyclic) bond motifs is 2. The Balaban J connectivity index is 1.64. The first-order valence-electron chi connectivity index (χ1n) is 8.45. The van der Waals surface area contributed by atoms with Crippen molar-refractivity contribution in [1.29, 1.82) is 0 Å². The minimum atomic E-state index is -1.59. The Bertz CT molecular complexity index is 886. The van der Waals surface area contributed by atoms with Crippen LogP contribution in [-0.2, 0) is 25.5 Å². The number of amides is 3. The lowest BCUT2D eigenvalue weighted by atomic mass is 9.97. The quantitative estimate of drug-likeness (QED) is 0.110. The number of halogens is 1. The fourth-order valence-corrected chi connectivity index (χ4v) is 5.67. The van der Waals surface area contributed by atoms with E-state index in [2.05, 4.69) is 29.2 Å². The zero-order chi connectivity index (χ0) is 20.2. The molecule has 3 unspecified atom stereocenters. The molecule has 10 heteroatoms. The molecule has 0 aromatic heterocycles. The standard InChI is InChI=1S/C18H15IN2O6S/c1-9-8-28(26)17-13(16(24)21(17)12(9)18(25)27-7-6-19)20-14(22)10-4-2-3-5-11(10)15(20)23/h2-5,12-13,17H,1,6-8H2/t12?,13?,17-,28?/m0/s1. The summed E-state index contributed by atoms with van der Waals surface area (Å²) in [5.41, 5.74) is 0.743. The number of ether oxygens (including phenoxy) is 1. The number of esters is 1. The van der Waals surface area contributed by atoms with Gasteiger partial charge in [-0.25, -0.2) is 4.79 Å². The van der Waals surface area contributed by atoms with Gasteiger partial charge in [-0.15, -0.1) is 0 Å². The Kier molecular flexibility index (Phi) is 4.96. The predicted molar refractivity (Wildman–Crippen MR) is 107 cm³/mol. The van der Waals surface area contributed by atoms with Crippen molar-refractivity contribution in [1.82, 2.24) is 9.80 Å². The van der Waals surface area contributed by atoms with Gasteiger partial charge in [-0.2, -0.15) is 0 Å². The SMILES string of the molecule is C=C1C[S+]([O-])[C@H]2C(N3C(=O)c4ccccc4C3=O)C(=O)N2C1C(=O)OCCI. The summed E-state index contributed by atoms with van der Waals surface area (Å²) in [6.07, 6.45) is 0. The van der Waals surface area contributed by atoms with E-state index in [0.29, 0.717) is 10.0 Å². The molecule has 8 nitrogen and oxygen atoms in total. The number of nitrogens with zero attached hydrogens (tertiary/aromatic N) is 2. The lowest BCUT2D eigenvalue weighted by Gasteiger charge is -2.53. The number of rotatable bonds is 4. The average molecular weight is 514 g/mol. The van der Waals surface area contributed by atoms with Crippen molar-refractivity contribution in [3.8, 4) is 0 Å². The number of carbonyl (C=O) groups excluding carboxylic acids is 4. The molecule has 1 aromatic carbocycles. The molecule has 0 radical (unpaired) electrons. The Morgan fingerprint density at radius 1 is 1.25 bits per heavy atom. The number of carbonyl (C=O) groups is 4. The Morgan fingerprint density at radius 3 is 2.43 bits per heavy atom. The summed E-state index contributed by atoms with van der Waals surface area (Å²) < 4.78 is 18.4. The maximum Gasteiger partial charge on any atom is 0.333 e. The molecule has 0 saturated carbocycles. The first-order valence-corrected chi connectivity index (χ1v) is 11.4. The molecular weight excluding hydrogens is 499 g/mol. The number of imide groups is 1. The van der Waals surface area contributed by atoms with Crippen molar-refractivity contribution in [2.75, 3.05) is 16.8 Å². The van der Waals surface area contributed by atoms with Gasteiger partial charge in [0.2, 0.25) is 5.37 Å². The second-order valence-corrected chi connectivity index (χ2v) is 9.16. The lowest BCUT2D eigenvalue weighted by Crippen LogP contribution is -2.79. The van der Waals surface area contributed by atoms with Gasteiger partial charge >= 0.3 is 5.97 Å². The van der Waals surface area contributed by atoms with Crippen molar-refractivity contribution in [2.45, 2.75) is 17.5 Å². The van der Waals surface area contributed by atoms with E-state index in [0.717, 1.165) is 9.80 Å². The van der Waals surface area contributed by atoms with Gasteiger partial charge in [0.25, 0.3) is 17.7 Å². The van der Waals surface area contributed by atoms with E-state index in [1.54, 1.807) is 12.1 Å². The van der Waals surface area contributed by atoms with Gasteiger partial charge in [0.15, 0.2) is 12.1 Å². The minimum Gasteiger partial charge on any atom is -0.614 e. The Labute approximate surface area is 177 Å². The van der Waals surface area contributed by atoms with Crippen molar-refractivity contribution in [3.05, 3.63) is 47.5 Å². The Morgan fingerprint density at radius 2 is 1.86 bits per heavy atom. The molecule has 0 bridgehead atoms. The van der Waals surface area contributed by atoms with Crippen LogP contribution < -0.4 is 0 Å². The lowest BCUT2D eigenvalue weighted by molar-refractivity contribution is -0.165. The van der Waals surface area contributed by atoms with Gasteiger partial charge < -0.3 is 9.29 Å². The Hall–Kier alpha value is -1.92. The fourth-order valence-electron chi connectivity index (χ4n) is 3.76. The van der Waals surface area contributed by atoms with E-state index in [4.69, 9.17) is 4.74 Å². The van der Waals surface area contributed by atoms with Crippen LogP contribution in [0, 0.1) is 0 Å². The highest BCUT2D eigenvalue weighted by Crippen LogP contribution is 2.41. The molecule has 4 rings (SSSR count). The van der Waals surface area contributed by atoms with Gasteiger partial charge in [0.1, 0.15) is 12.4 Å². The zero-order valence-corrected chi connectivity index (χ0v) is 17.5. The smallest absolute Gasteiger partial charge is 0.333 e. The van der Waals surface area contributed by atoms with Gasteiger partial charge in [-0.3, -0.25) is 24.2 Å². The predicted octanol–water partition coefficient (Wildman–Crippen LogP) is 0.485. The van der Waals surface area contributed by atoms with Crippen molar-refractivity contribution in [3.63, 3.8) is 0 Å². The van der Waals surface area contributed by atoms with Crippen LogP contribution in [0.4, 0.5) is 0 Å². The van der Waals surface area contributed by atoms with E-state index in [1.807, 2.05) is 0 Å². The second-order valence-electron chi connectivity index (χ2n) is 6.55. The normalized spacial score (nSPS) is 28.8. The average Bonchev–Trinajstić information content (AvgIpc) is 2.92. The minimum absolute atomic E-state index is 0.00187. The van der Waals surface area contributed by atoms with E-state index < -0.39 is 52.3 Å². The van der Waals surface area contributed by atoms with Gasteiger partial charge in [0, 0.05) is 10.0 Å². The number of hydrogen-bond donors (Lipinski definition) is 0. The molecular formula is C18H15IN2O6S. The molecule has 3 aliphatic heterocycles. The summed E-state index contributed by atoms with van der Waals surface area (Å²) in [5.74, 6) is -2.44. The molecule has 146 valence electrons. The number of β-lactam (4-membered cyclic amide) rings is 1. The highest BCUT2D eigenvalue weighted by Gasteiger charge is 2.67. The summed E-state index contributed by atoms with van der Waals surface area (Å²) >= 11 is 0.458. The van der Waals surface area contributed by atoms with E-state index in [-0.39, 0.29) is 23.5 Å². The zero-order valence-electron chi connectivity index (χ0n) is 14.5. The highest BCUT2D eigenvalue weighted by molar-refractivity contribution is 14.1. The number of hydrogen-bond acceptors (Lipinski definition) is 6. The topological polar surface area (TPSA) is 107 Å². The van der Waals surface area contributed by atoms with Crippen LogP contribution in [0.3, 0.4) is 0 Å². The first-order chi connectivity index (χ1) is 13.4. The van der Waals surface area contributed by atoms with Crippen LogP contribution in [0.2, 0.25) is 0 Å². The molecule has 0 aliphatic carbocycles. The summed E-state index contributed by atoms with van der Waals surface area (Å²) in [6, 6.07) is 4.04. The maximum atomic E-state index is 12.9. The van der Waals surface area contributed by atoms with Gasteiger partial charge in [-0.05, 0) is 23.3 Å². The highest BCUT2D eigenvalue weighted by atomic mass is 127. The van der Waals surface area contributed by atoms with Crippen LogP contribution >= 0.6 is 22.6 Å². The summed E-state index contributed by atoms with van der Waals surface area (Å²) in [5, 5.41) is -0.947. The second kappa shape index (κ2) is 7.16. The molecule has 1 aromatic rings. The fraction of sp³-hybridized carbons (Fsp3) is 0.333. The van der Waals surface area contributed by atoms with Crippen molar-refractivity contribution in [2.24, 2.45) is 0 Å². The summed E-state index contributed by atoms with van der Waals surface area (Å²) in [4.78, 5) is 52.8. The maximum absolute atomic E-state index is 12.9. The van der Waals surface area contributed by atoms with E-state index in [1.165, 1.54) is 12.1 Å². The molecule has 3 aliphatic rings. The van der Waals surface area contributed by atoms with E-state index >= 15 is 0 Å². The largest absolute Gasteiger partial charge is 0.614 e. The third-order valence-corrected chi connectivity index (χ3v) is 7.08. The molecule has 0 N–H and O–H groups in total. The van der Waals surface area contributed by atoms with Crippen LogP contribution in [0.25, 0.3) is 0 Å². The molecule has 4 atom stereocenters.